The molecular weight excluding hydrogens is 214 g/mol. The summed E-state index contributed by atoms with van der Waals surface area (Å²) >= 11 is 0. The molecule has 0 aliphatic rings. The molecule has 0 aliphatic carbocycles. The van der Waals surface area contributed by atoms with Crippen molar-refractivity contribution in [3.8, 4) is 5.75 Å². The van der Waals surface area contributed by atoms with E-state index < -0.39 is 6.10 Å². The molecule has 0 bridgehead atoms. The predicted octanol–water partition coefficient (Wildman–Crippen LogP) is 2.23. The van der Waals surface area contributed by atoms with Crippen LogP contribution in [-0.2, 0) is 0 Å². The molecule has 0 aliphatic heterocycles. The largest absolute Gasteiger partial charge is 0.496 e. The highest BCUT2D eigenvalue weighted by atomic mass is 16.5. The van der Waals surface area contributed by atoms with Crippen molar-refractivity contribution in [3.63, 3.8) is 0 Å². The molecule has 2 rings (SSSR count). The zero-order valence-electron chi connectivity index (χ0n) is 10.1. The van der Waals surface area contributed by atoms with Crippen LogP contribution in [-0.4, -0.2) is 18.3 Å². The minimum Gasteiger partial charge on any atom is -0.496 e. The lowest BCUT2D eigenvalue weighted by molar-refractivity contribution is 0.150. The Morgan fingerprint density at radius 3 is 2.53 bits per heavy atom. The summed E-state index contributed by atoms with van der Waals surface area (Å²) in [5, 5.41) is 12.1. The van der Waals surface area contributed by atoms with Crippen molar-refractivity contribution in [1.82, 2.24) is 0 Å². The topological polar surface area (TPSA) is 55.5 Å². The Morgan fingerprint density at radius 2 is 1.88 bits per heavy atom. The number of hydrogen-bond donors (Lipinski definition) is 2. The van der Waals surface area contributed by atoms with Crippen molar-refractivity contribution in [2.24, 2.45) is 5.73 Å². The van der Waals surface area contributed by atoms with Crippen molar-refractivity contribution >= 4 is 10.8 Å². The average Bonchev–Trinajstić information content (AvgIpc) is 2.36. The molecule has 0 amide bonds. The summed E-state index contributed by atoms with van der Waals surface area (Å²) in [6.45, 7) is 1.78. The number of rotatable bonds is 3. The number of nitrogens with two attached hydrogens (primary N) is 1. The van der Waals surface area contributed by atoms with Gasteiger partial charge in [0.15, 0.2) is 0 Å². The van der Waals surface area contributed by atoms with Gasteiger partial charge in [0.25, 0.3) is 0 Å². The van der Waals surface area contributed by atoms with Gasteiger partial charge in [-0.05, 0) is 12.3 Å². The molecule has 0 spiro atoms. The van der Waals surface area contributed by atoms with Gasteiger partial charge < -0.3 is 15.6 Å². The zero-order chi connectivity index (χ0) is 12.4. The molecule has 0 saturated carbocycles. The van der Waals surface area contributed by atoms with Gasteiger partial charge in [0.2, 0.25) is 0 Å². The lowest BCUT2D eigenvalue weighted by atomic mass is 9.98. The second kappa shape index (κ2) is 4.73. The summed E-state index contributed by atoms with van der Waals surface area (Å²) in [6, 6.07) is 11.4. The third kappa shape index (κ3) is 2.12. The molecule has 17 heavy (non-hydrogen) atoms. The van der Waals surface area contributed by atoms with Gasteiger partial charge in [0.05, 0.1) is 13.2 Å². The fourth-order valence-electron chi connectivity index (χ4n) is 2.00. The molecule has 3 heteroatoms. The number of fused-ring (bicyclic) bond motifs is 1. The Kier molecular flexibility index (Phi) is 3.31. The Hall–Kier alpha value is -1.58. The van der Waals surface area contributed by atoms with Gasteiger partial charge in [-0.15, -0.1) is 0 Å². The highest BCUT2D eigenvalue weighted by Crippen LogP contribution is 2.34. The van der Waals surface area contributed by atoms with E-state index in [1.807, 2.05) is 36.4 Å². The SMILES string of the molecule is COc1c(C(O)C(C)N)ccc2ccccc12. The van der Waals surface area contributed by atoms with Gasteiger partial charge >= 0.3 is 0 Å². The first-order chi connectivity index (χ1) is 8.15. The maximum Gasteiger partial charge on any atom is 0.132 e. The minimum absolute atomic E-state index is 0.329. The van der Waals surface area contributed by atoms with Crippen LogP contribution >= 0.6 is 0 Å². The van der Waals surface area contributed by atoms with Gasteiger partial charge in [-0.3, -0.25) is 0 Å². The van der Waals surface area contributed by atoms with Gasteiger partial charge in [0, 0.05) is 17.0 Å². The molecule has 3 N–H and O–H groups in total. The first-order valence-corrected chi connectivity index (χ1v) is 5.64. The monoisotopic (exact) mass is 231 g/mol. The van der Waals surface area contributed by atoms with Crippen LogP contribution in [0.15, 0.2) is 36.4 Å². The van der Waals surface area contributed by atoms with E-state index in [4.69, 9.17) is 10.5 Å². The quantitative estimate of drug-likeness (QED) is 0.851. The smallest absolute Gasteiger partial charge is 0.132 e. The van der Waals surface area contributed by atoms with E-state index in [1.54, 1.807) is 14.0 Å². The van der Waals surface area contributed by atoms with Crippen molar-refractivity contribution in [2.45, 2.75) is 19.1 Å². The highest BCUT2D eigenvalue weighted by molar-refractivity contribution is 5.89. The van der Waals surface area contributed by atoms with Crippen LogP contribution in [0.2, 0.25) is 0 Å². The van der Waals surface area contributed by atoms with Gasteiger partial charge in [-0.1, -0.05) is 36.4 Å². The van der Waals surface area contributed by atoms with E-state index >= 15 is 0 Å². The second-order valence-electron chi connectivity index (χ2n) is 4.21. The van der Waals surface area contributed by atoms with Crippen molar-refractivity contribution in [1.29, 1.82) is 0 Å². The van der Waals surface area contributed by atoms with E-state index in [0.29, 0.717) is 5.75 Å². The molecule has 0 fully saturated rings. The van der Waals surface area contributed by atoms with Crippen molar-refractivity contribution < 1.29 is 9.84 Å². The van der Waals surface area contributed by atoms with Crippen LogP contribution in [0.3, 0.4) is 0 Å². The van der Waals surface area contributed by atoms with Crippen LogP contribution in [0.1, 0.15) is 18.6 Å². The molecule has 0 saturated heterocycles. The summed E-state index contributed by atoms with van der Waals surface area (Å²) in [4.78, 5) is 0. The van der Waals surface area contributed by atoms with Crippen LogP contribution in [0.25, 0.3) is 10.8 Å². The first-order valence-electron chi connectivity index (χ1n) is 5.64. The Bertz CT molecular complexity index is 523. The summed E-state index contributed by atoms with van der Waals surface area (Å²) < 4.78 is 5.41. The lowest BCUT2D eigenvalue weighted by Gasteiger charge is -2.19. The standard InChI is InChI=1S/C14H17NO2/c1-9(15)13(16)12-8-7-10-5-3-4-6-11(10)14(12)17-2/h3-9,13,16H,15H2,1-2H3. The second-order valence-corrected chi connectivity index (χ2v) is 4.21. The van der Waals surface area contributed by atoms with Crippen molar-refractivity contribution in [2.75, 3.05) is 7.11 Å². The Balaban J connectivity index is 2.65. The number of methoxy groups -OCH3 is 1. The zero-order valence-corrected chi connectivity index (χ0v) is 10.1. The van der Waals surface area contributed by atoms with Crippen LogP contribution < -0.4 is 10.5 Å². The molecule has 0 radical (unpaired) electrons. The minimum atomic E-state index is -0.713. The number of benzene rings is 2. The predicted molar refractivity (Wildman–Crippen MR) is 69.1 cm³/mol. The fourth-order valence-corrected chi connectivity index (χ4v) is 2.00. The van der Waals surface area contributed by atoms with E-state index in [2.05, 4.69) is 0 Å². The van der Waals surface area contributed by atoms with Crippen LogP contribution in [0, 0.1) is 0 Å². The molecular formula is C14H17NO2. The summed E-state index contributed by atoms with van der Waals surface area (Å²) in [5.41, 5.74) is 6.47. The summed E-state index contributed by atoms with van der Waals surface area (Å²) in [7, 11) is 1.61. The molecule has 2 atom stereocenters. The summed E-state index contributed by atoms with van der Waals surface area (Å²) in [5.74, 6) is 0.702. The summed E-state index contributed by atoms with van der Waals surface area (Å²) in [6.07, 6.45) is -0.713. The molecule has 3 nitrogen and oxygen atoms in total. The number of aliphatic hydroxyl groups excluding tert-OH is 1. The maximum absolute atomic E-state index is 10.1. The van der Waals surface area contributed by atoms with E-state index in [0.717, 1.165) is 16.3 Å². The first kappa shape index (κ1) is 11.9. The Labute approximate surface area is 101 Å². The van der Waals surface area contributed by atoms with Crippen molar-refractivity contribution in [3.05, 3.63) is 42.0 Å². The number of ether oxygens (including phenoxy) is 1. The number of aliphatic hydroxyl groups is 1. The van der Waals surface area contributed by atoms with Gasteiger partial charge in [-0.25, -0.2) is 0 Å². The highest BCUT2D eigenvalue weighted by Gasteiger charge is 2.18. The fraction of sp³-hybridized carbons (Fsp3) is 0.286. The average molecular weight is 231 g/mol. The molecule has 2 aromatic carbocycles. The van der Waals surface area contributed by atoms with Gasteiger partial charge in [-0.2, -0.15) is 0 Å². The molecule has 2 unspecified atom stereocenters. The molecule has 0 aromatic heterocycles. The van der Waals surface area contributed by atoms with E-state index in [9.17, 15) is 5.11 Å². The van der Waals surface area contributed by atoms with E-state index in [-0.39, 0.29) is 6.04 Å². The van der Waals surface area contributed by atoms with Crippen LogP contribution in [0.5, 0.6) is 5.75 Å². The van der Waals surface area contributed by atoms with Gasteiger partial charge in [0.1, 0.15) is 5.75 Å². The van der Waals surface area contributed by atoms with Crippen LogP contribution in [0.4, 0.5) is 0 Å². The number of hydrogen-bond acceptors (Lipinski definition) is 3. The Morgan fingerprint density at radius 1 is 1.18 bits per heavy atom. The van der Waals surface area contributed by atoms with E-state index in [1.165, 1.54) is 0 Å². The molecule has 90 valence electrons. The molecule has 2 aromatic rings. The third-order valence-electron chi connectivity index (χ3n) is 2.93. The third-order valence-corrected chi connectivity index (χ3v) is 2.93. The normalized spacial score (nSPS) is 14.6. The lowest BCUT2D eigenvalue weighted by Crippen LogP contribution is -2.24. The maximum atomic E-state index is 10.1. The molecule has 0 heterocycles.